The summed E-state index contributed by atoms with van der Waals surface area (Å²) in [4.78, 5) is 5.75. The van der Waals surface area contributed by atoms with Crippen LogP contribution in [0.1, 0.15) is 0 Å². The summed E-state index contributed by atoms with van der Waals surface area (Å²) in [6.45, 7) is 1.45. The largest absolute Gasteiger partial charge is 0.359 e. The van der Waals surface area contributed by atoms with E-state index < -0.39 is 0 Å². The Morgan fingerprint density at radius 3 is 2.74 bits per heavy atom. The van der Waals surface area contributed by atoms with E-state index in [-0.39, 0.29) is 0 Å². The predicted molar refractivity (Wildman–Crippen MR) is 134 cm³/mol. The standard InChI is InChI=1S/C24H20ClN3OS2/c25-23-10-5-18(15-22(23)24-21-4-2-1-3-17(21)11-12-26-24)27-31-20-8-6-19(7-9-20)28-16-29-13-14-30-28/h1-12,15,27H,13-14,16H2. The fourth-order valence-electron chi connectivity index (χ4n) is 3.44. The lowest BCUT2D eigenvalue weighted by atomic mass is 10.0. The van der Waals surface area contributed by atoms with E-state index in [9.17, 15) is 0 Å². The molecule has 0 spiro atoms. The highest BCUT2D eigenvalue weighted by Crippen LogP contribution is 2.35. The van der Waals surface area contributed by atoms with Crippen LogP contribution in [0.15, 0.2) is 83.9 Å². The number of ether oxygens (including phenoxy) is 1. The molecule has 0 amide bonds. The smallest absolute Gasteiger partial charge is 0.129 e. The normalized spacial score (nSPS) is 14.0. The molecule has 4 nitrogen and oxygen atoms in total. The van der Waals surface area contributed by atoms with E-state index in [1.165, 1.54) is 0 Å². The van der Waals surface area contributed by atoms with Crippen LogP contribution >= 0.6 is 35.5 Å². The molecule has 4 aromatic rings. The summed E-state index contributed by atoms with van der Waals surface area (Å²) in [5.41, 5.74) is 3.94. The van der Waals surface area contributed by atoms with Crippen LogP contribution in [0.3, 0.4) is 0 Å². The number of halogens is 1. The molecule has 2 heterocycles. The van der Waals surface area contributed by atoms with Gasteiger partial charge in [-0.05, 0) is 77.8 Å². The number of rotatable bonds is 5. The van der Waals surface area contributed by atoms with Crippen molar-refractivity contribution in [2.24, 2.45) is 0 Å². The first-order valence-electron chi connectivity index (χ1n) is 9.93. The number of pyridine rings is 1. The second-order valence-electron chi connectivity index (χ2n) is 7.02. The molecule has 7 heteroatoms. The first kappa shape index (κ1) is 20.5. The van der Waals surface area contributed by atoms with Gasteiger partial charge in [-0.25, -0.2) is 0 Å². The Labute approximate surface area is 195 Å². The molecule has 1 fully saturated rings. The molecule has 1 N–H and O–H groups in total. The van der Waals surface area contributed by atoms with E-state index in [2.05, 4.69) is 56.5 Å². The van der Waals surface area contributed by atoms with Gasteiger partial charge in [0.2, 0.25) is 0 Å². The molecule has 0 saturated carbocycles. The Morgan fingerprint density at radius 2 is 1.90 bits per heavy atom. The predicted octanol–water partition coefficient (Wildman–Crippen LogP) is 7.12. The second-order valence-corrected chi connectivity index (χ2v) is 9.42. The highest BCUT2D eigenvalue weighted by Gasteiger charge is 2.13. The quantitative estimate of drug-likeness (QED) is 0.316. The number of hydrogen-bond acceptors (Lipinski definition) is 6. The molecular formula is C24H20ClN3OS2. The van der Waals surface area contributed by atoms with Crippen LogP contribution in [0.4, 0.5) is 11.4 Å². The number of nitrogens with one attached hydrogen (secondary N) is 1. The van der Waals surface area contributed by atoms with Crippen molar-refractivity contribution < 1.29 is 4.74 Å². The van der Waals surface area contributed by atoms with E-state index in [1.807, 2.05) is 36.5 Å². The highest BCUT2D eigenvalue weighted by molar-refractivity contribution is 8.00. The van der Waals surface area contributed by atoms with E-state index in [4.69, 9.17) is 16.3 Å². The van der Waals surface area contributed by atoms with Gasteiger partial charge in [0, 0.05) is 39.2 Å². The van der Waals surface area contributed by atoms with Gasteiger partial charge in [-0.15, -0.1) is 0 Å². The number of nitrogens with zero attached hydrogens (tertiary/aromatic N) is 2. The van der Waals surface area contributed by atoms with E-state index >= 15 is 0 Å². The molecule has 31 heavy (non-hydrogen) atoms. The second kappa shape index (κ2) is 9.40. The molecule has 0 unspecified atom stereocenters. The lowest BCUT2D eigenvalue weighted by Gasteiger charge is -2.27. The number of aromatic nitrogens is 1. The zero-order chi connectivity index (χ0) is 21.0. The summed E-state index contributed by atoms with van der Waals surface area (Å²) in [6.07, 6.45) is 1.83. The maximum Gasteiger partial charge on any atom is 0.129 e. The number of anilines is 2. The van der Waals surface area contributed by atoms with Crippen molar-refractivity contribution in [3.8, 4) is 11.3 Å². The van der Waals surface area contributed by atoms with Gasteiger partial charge in [0.05, 0.1) is 17.3 Å². The van der Waals surface area contributed by atoms with Crippen molar-refractivity contribution in [2.45, 2.75) is 4.90 Å². The first-order chi connectivity index (χ1) is 15.3. The molecule has 156 valence electrons. The average molecular weight is 466 g/mol. The minimum Gasteiger partial charge on any atom is -0.359 e. The third kappa shape index (κ3) is 4.62. The van der Waals surface area contributed by atoms with Crippen molar-refractivity contribution >= 4 is 57.6 Å². The number of benzene rings is 3. The van der Waals surface area contributed by atoms with Crippen LogP contribution in [-0.4, -0.2) is 24.1 Å². The maximum absolute atomic E-state index is 6.55. The SMILES string of the molecule is Clc1ccc(NSc2ccc(N3COCCS3)cc2)cc1-c1nccc2ccccc12. The third-order valence-electron chi connectivity index (χ3n) is 4.99. The summed E-state index contributed by atoms with van der Waals surface area (Å²) >= 11 is 9.92. The molecule has 3 aromatic carbocycles. The van der Waals surface area contributed by atoms with Gasteiger partial charge in [0.15, 0.2) is 0 Å². The van der Waals surface area contributed by atoms with Gasteiger partial charge in [-0.2, -0.15) is 0 Å². The fraction of sp³-hybridized carbons (Fsp3) is 0.125. The van der Waals surface area contributed by atoms with Gasteiger partial charge in [-0.3, -0.25) is 9.29 Å². The topological polar surface area (TPSA) is 37.4 Å². The lowest BCUT2D eigenvalue weighted by molar-refractivity contribution is 0.154. The average Bonchev–Trinajstić information content (AvgIpc) is 2.84. The summed E-state index contributed by atoms with van der Waals surface area (Å²) in [5.74, 6) is 0.989. The molecule has 1 aromatic heterocycles. The lowest BCUT2D eigenvalue weighted by Crippen LogP contribution is -2.25. The monoisotopic (exact) mass is 465 g/mol. The zero-order valence-corrected chi connectivity index (χ0v) is 19.0. The molecular weight excluding hydrogens is 446 g/mol. The Morgan fingerprint density at radius 1 is 1.03 bits per heavy atom. The van der Waals surface area contributed by atoms with Crippen molar-refractivity contribution in [3.05, 3.63) is 84.0 Å². The minimum atomic E-state index is 0.630. The Hall–Kier alpha value is -2.38. The highest BCUT2D eigenvalue weighted by atomic mass is 35.5. The van der Waals surface area contributed by atoms with Crippen molar-refractivity contribution in [2.75, 3.05) is 28.1 Å². The van der Waals surface area contributed by atoms with Crippen molar-refractivity contribution in [1.82, 2.24) is 4.98 Å². The molecule has 0 atom stereocenters. The molecule has 0 bridgehead atoms. The van der Waals surface area contributed by atoms with Gasteiger partial charge in [-0.1, -0.05) is 35.9 Å². The van der Waals surface area contributed by atoms with Crippen LogP contribution in [0.2, 0.25) is 5.02 Å². The first-order valence-corrected chi connectivity index (χ1v) is 12.1. The molecule has 1 saturated heterocycles. The summed E-state index contributed by atoms with van der Waals surface area (Å²) in [5, 5.41) is 2.92. The molecule has 1 aliphatic rings. The van der Waals surface area contributed by atoms with Crippen LogP contribution in [0, 0.1) is 0 Å². The fourth-order valence-corrected chi connectivity index (χ4v) is 5.12. The zero-order valence-electron chi connectivity index (χ0n) is 16.6. The van der Waals surface area contributed by atoms with Crippen LogP contribution in [0.5, 0.6) is 0 Å². The summed E-state index contributed by atoms with van der Waals surface area (Å²) in [6, 6.07) is 24.7. The third-order valence-corrected chi connectivity index (χ3v) is 7.14. The van der Waals surface area contributed by atoms with Gasteiger partial charge in [0.25, 0.3) is 0 Å². The Balaban J connectivity index is 1.34. The van der Waals surface area contributed by atoms with Gasteiger partial charge in [0.1, 0.15) is 6.73 Å². The maximum atomic E-state index is 6.55. The minimum absolute atomic E-state index is 0.630. The number of fused-ring (bicyclic) bond motifs is 1. The van der Waals surface area contributed by atoms with Gasteiger partial charge < -0.3 is 9.46 Å². The Bertz CT molecular complexity index is 1190. The van der Waals surface area contributed by atoms with E-state index in [0.717, 1.165) is 50.7 Å². The molecule has 5 rings (SSSR count). The molecule has 1 aliphatic heterocycles. The Kier molecular flexibility index (Phi) is 6.22. The van der Waals surface area contributed by atoms with Gasteiger partial charge >= 0.3 is 0 Å². The summed E-state index contributed by atoms with van der Waals surface area (Å²) < 4.78 is 11.1. The summed E-state index contributed by atoms with van der Waals surface area (Å²) in [7, 11) is 0. The van der Waals surface area contributed by atoms with E-state index in [0.29, 0.717) is 11.8 Å². The van der Waals surface area contributed by atoms with Crippen molar-refractivity contribution in [1.29, 1.82) is 0 Å². The van der Waals surface area contributed by atoms with Crippen LogP contribution in [0.25, 0.3) is 22.0 Å². The van der Waals surface area contributed by atoms with Crippen LogP contribution < -0.4 is 9.03 Å². The number of hydrogen-bond donors (Lipinski definition) is 1. The molecule has 0 aliphatic carbocycles. The molecule has 0 radical (unpaired) electrons. The van der Waals surface area contributed by atoms with Crippen LogP contribution in [-0.2, 0) is 4.74 Å². The van der Waals surface area contributed by atoms with E-state index in [1.54, 1.807) is 23.9 Å². The van der Waals surface area contributed by atoms with Crippen molar-refractivity contribution in [3.63, 3.8) is 0 Å².